The maximum Gasteiger partial charge on any atom is 0.0361 e. The highest BCUT2D eigenvalue weighted by Gasteiger charge is 2.14. The number of hydrogen-bond acceptors (Lipinski definition) is 2. The number of nitrogens with one attached hydrogen (secondary N) is 1. The second-order valence-corrected chi connectivity index (χ2v) is 4.51. The van der Waals surface area contributed by atoms with Crippen molar-refractivity contribution in [2.45, 2.75) is 18.8 Å². The normalized spacial score (nSPS) is 15.6. The monoisotopic (exact) mass is 276 g/mol. The van der Waals surface area contributed by atoms with Crippen LogP contribution in [0.3, 0.4) is 0 Å². The molecule has 0 saturated carbocycles. The minimum absolute atomic E-state index is 0. The van der Waals surface area contributed by atoms with Gasteiger partial charge in [-0.15, -0.1) is 24.8 Å². The van der Waals surface area contributed by atoms with Crippen LogP contribution < -0.4 is 10.2 Å². The molecule has 1 fully saturated rings. The molecular weight excluding hydrogens is 255 g/mol. The molecule has 1 N–H and O–H groups in total. The number of halogens is 2. The van der Waals surface area contributed by atoms with Crippen molar-refractivity contribution < 1.29 is 0 Å². The fourth-order valence-electron chi connectivity index (χ4n) is 2.20. The summed E-state index contributed by atoms with van der Waals surface area (Å²) < 4.78 is 0. The lowest BCUT2D eigenvalue weighted by atomic mass is 9.90. The van der Waals surface area contributed by atoms with E-state index in [9.17, 15) is 0 Å². The molecular formula is C13H22Cl2N2. The SMILES string of the molecule is CN(C)c1ccc(C2CCNCC2)cc1.Cl.Cl. The van der Waals surface area contributed by atoms with Gasteiger partial charge in [0.05, 0.1) is 0 Å². The first-order valence-electron chi connectivity index (χ1n) is 5.75. The third-order valence-electron chi connectivity index (χ3n) is 3.22. The topological polar surface area (TPSA) is 15.3 Å². The van der Waals surface area contributed by atoms with Gasteiger partial charge in [-0.2, -0.15) is 0 Å². The molecule has 17 heavy (non-hydrogen) atoms. The van der Waals surface area contributed by atoms with Crippen molar-refractivity contribution in [2.75, 3.05) is 32.1 Å². The van der Waals surface area contributed by atoms with Gasteiger partial charge in [-0.1, -0.05) is 12.1 Å². The van der Waals surface area contributed by atoms with E-state index in [1.165, 1.54) is 37.2 Å². The van der Waals surface area contributed by atoms with E-state index >= 15 is 0 Å². The summed E-state index contributed by atoms with van der Waals surface area (Å²) in [7, 11) is 4.17. The van der Waals surface area contributed by atoms with Gasteiger partial charge in [0.25, 0.3) is 0 Å². The third kappa shape index (κ3) is 4.38. The molecule has 98 valence electrons. The molecule has 2 rings (SSSR count). The summed E-state index contributed by atoms with van der Waals surface area (Å²) in [5.74, 6) is 0.766. The Balaban J connectivity index is 0.00000128. The van der Waals surface area contributed by atoms with Crippen molar-refractivity contribution in [3.63, 3.8) is 0 Å². The molecule has 0 aliphatic carbocycles. The quantitative estimate of drug-likeness (QED) is 0.893. The Bertz CT molecular complexity index is 306. The van der Waals surface area contributed by atoms with Crippen molar-refractivity contribution in [3.05, 3.63) is 29.8 Å². The zero-order valence-electron chi connectivity index (χ0n) is 10.5. The first-order chi connectivity index (χ1) is 7.27. The van der Waals surface area contributed by atoms with Crippen LogP contribution in [-0.4, -0.2) is 27.2 Å². The smallest absolute Gasteiger partial charge is 0.0361 e. The fraction of sp³-hybridized carbons (Fsp3) is 0.538. The van der Waals surface area contributed by atoms with Gasteiger partial charge < -0.3 is 10.2 Å². The largest absolute Gasteiger partial charge is 0.378 e. The van der Waals surface area contributed by atoms with Gasteiger partial charge in [-0.25, -0.2) is 0 Å². The molecule has 0 unspecified atom stereocenters. The Morgan fingerprint density at radius 2 is 1.53 bits per heavy atom. The Hall–Kier alpha value is -0.440. The molecule has 1 aromatic rings. The molecule has 0 spiro atoms. The van der Waals surface area contributed by atoms with Crippen molar-refractivity contribution in [1.82, 2.24) is 5.32 Å². The summed E-state index contributed by atoms with van der Waals surface area (Å²) >= 11 is 0. The van der Waals surface area contributed by atoms with Crippen LogP contribution in [0.2, 0.25) is 0 Å². The van der Waals surface area contributed by atoms with Crippen LogP contribution in [0.1, 0.15) is 24.3 Å². The highest BCUT2D eigenvalue weighted by Crippen LogP contribution is 2.26. The molecule has 0 aromatic heterocycles. The average molecular weight is 277 g/mol. The van der Waals surface area contributed by atoms with Crippen LogP contribution >= 0.6 is 24.8 Å². The summed E-state index contributed by atoms with van der Waals surface area (Å²) in [6, 6.07) is 9.01. The van der Waals surface area contributed by atoms with E-state index in [-0.39, 0.29) is 24.8 Å². The Morgan fingerprint density at radius 3 is 2.00 bits per heavy atom. The third-order valence-corrected chi connectivity index (χ3v) is 3.22. The zero-order valence-corrected chi connectivity index (χ0v) is 12.1. The molecule has 1 aliphatic rings. The van der Waals surface area contributed by atoms with E-state index in [1.807, 2.05) is 0 Å². The summed E-state index contributed by atoms with van der Waals surface area (Å²) in [5.41, 5.74) is 2.79. The van der Waals surface area contributed by atoms with Crippen molar-refractivity contribution >= 4 is 30.5 Å². The van der Waals surface area contributed by atoms with Gasteiger partial charge in [-0.05, 0) is 49.5 Å². The highest BCUT2D eigenvalue weighted by atomic mass is 35.5. The second-order valence-electron chi connectivity index (χ2n) is 4.51. The van der Waals surface area contributed by atoms with Gasteiger partial charge in [0.15, 0.2) is 0 Å². The molecule has 2 nitrogen and oxygen atoms in total. The summed E-state index contributed by atoms with van der Waals surface area (Å²) in [5, 5.41) is 3.41. The van der Waals surface area contributed by atoms with Gasteiger partial charge >= 0.3 is 0 Å². The van der Waals surface area contributed by atoms with Crippen LogP contribution in [-0.2, 0) is 0 Å². The van der Waals surface area contributed by atoms with Gasteiger partial charge in [0.2, 0.25) is 0 Å². The number of hydrogen-bond donors (Lipinski definition) is 1. The van der Waals surface area contributed by atoms with Gasteiger partial charge in [0, 0.05) is 19.8 Å². The first-order valence-corrected chi connectivity index (χ1v) is 5.75. The van der Waals surface area contributed by atoms with E-state index in [0.29, 0.717) is 0 Å². The Kier molecular flexibility index (Phi) is 7.60. The maximum absolute atomic E-state index is 3.41. The van der Waals surface area contributed by atoms with Crippen molar-refractivity contribution in [1.29, 1.82) is 0 Å². The van der Waals surface area contributed by atoms with Crippen LogP contribution in [0.4, 0.5) is 5.69 Å². The van der Waals surface area contributed by atoms with E-state index in [4.69, 9.17) is 0 Å². The number of rotatable bonds is 2. The van der Waals surface area contributed by atoms with E-state index in [2.05, 4.69) is 48.6 Å². The van der Waals surface area contributed by atoms with E-state index in [0.717, 1.165) is 5.92 Å². The summed E-state index contributed by atoms with van der Waals surface area (Å²) in [4.78, 5) is 2.15. The number of anilines is 1. The standard InChI is InChI=1S/C13H20N2.2ClH/c1-15(2)13-5-3-11(4-6-13)12-7-9-14-10-8-12;;/h3-6,12,14H,7-10H2,1-2H3;2*1H. The average Bonchev–Trinajstić information content (AvgIpc) is 2.30. The summed E-state index contributed by atoms with van der Waals surface area (Å²) in [6.45, 7) is 2.33. The van der Waals surface area contributed by atoms with E-state index in [1.54, 1.807) is 0 Å². The lowest BCUT2D eigenvalue weighted by molar-refractivity contribution is 0.460. The molecule has 1 heterocycles. The molecule has 0 atom stereocenters. The van der Waals surface area contributed by atoms with Crippen LogP contribution in [0, 0.1) is 0 Å². The first kappa shape index (κ1) is 16.6. The fourth-order valence-corrected chi connectivity index (χ4v) is 2.20. The molecule has 0 bridgehead atoms. The minimum atomic E-state index is 0. The van der Waals surface area contributed by atoms with E-state index < -0.39 is 0 Å². The highest BCUT2D eigenvalue weighted by molar-refractivity contribution is 5.85. The van der Waals surface area contributed by atoms with Crippen molar-refractivity contribution in [2.24, 2.45) is 0 Å². The molecule has 0 radical (unpaired) electrons. The van der Waals surface area contributed by atoms with Crippen molar-refractivity contribution in [3.8, 4) is 0 Å². The molecule has 1 aromatic carbocycles. The van der Waals surface area contributed by atoms with Crippen LogP contribution in [0.15, 0.2) is 24.3 Å². The number of nitrogens with zero attached hydrogens (tertiary/aromatic N) is 1. The predicted octanol–water partition coefficient (Wildman–Crippen LogP) is 3.06. The molecule has 1 saturated heterocycles. The lowest BCUT2D eigenvalue weighted by Crippen LogP contribution is -2.26. The minimum Gasteiger partial charge on any atom is -0.378 e. The maximum atomic E-state index is 3.41. The van der Waals surface area contributed by atoms with Crippen LogP contribution in [0.25, 0.3) is 0 Å². The lowest BCUT2D eigenvalue weighted by Gasteiger charge is -2.23. The number of piperidine rings is 1. The Labute approximate surface area is 117 Å². The Morgan fingerprint density at radius 1 is 1.00 bits per heavy atom. The second kappa shape index (κ2) is 7.80. The predicted molar refractivity (Wildman–Crippen MR) is 80.1 cm³/mol. The zero-order chi connectivity index (χ0) is 10.7. The van der Waals surface area contributed by atoms with Gasteiger partial charge in [0.1, 0.15) is 0 Å². The summed E-state index contributed by atoms with van der Waals surface area (Å²) in [6.07, 6.45) is 2.56. The molecule has 0 amide bonds. The molecule has 4 heteroatoms. The number of benzene rings is 1. The molecule has 1 aliphatic heterocycles. The van der Waals surface area contributed by atoms with Gasteiger partial charge in [-0.3, -0.25) is 0 Å². The van der Waals surface area contributed by atoms with Crippen LogP contribution in [0.5, 0.6) is 0 Å².